The number of benzene rings is 1. The minimum absolute atomic E-state index is 0.157. The Balaban J connectivity index is 1.51. The first-order chi connectivity index (χ1) is 11.7. The molecule has 1 aliphatic rings. The summed E-state index contributed by atoms with van der Waals surface area (Å²) in [6, 6.07) is 12.1. The molecule has 0 saturated carbocycles. The fourth-order valence-electron chi connectivity index (χ4n) is 3.15. The third-order valence-electron chi connectivity index (χ3n) is 4.55. The molecule has 5 nitrogen and oxygen atoms in total. The molecular weight excluding hydrogens is 302 g/mol. The molecule has 1 amide bonds. The summed E-state index contributed by atoms with van der Waals surface area (Å²) in [5.41, 5.74) is 3.10. The molecule has 0 spiro atoms. The minimum atomic E-state index is 0.157. The van der Waals surface area contributed by atoms with Gasteiger partial charge in [-0.05, 0) is 36.8 Å². The highest BCUT2D eigenvalue weighted by Gasteiger charge is 2.21. The lowest BCUT2D eigenvalue weighted by Crippen LogP contribution is -2.49. The molecule has 2 aromatic rings. The first-order valence-electron chi connectivity index (χ1n) is 8.37. The standard InChI is InChI=1S/C19H23N3O2/c1-16-4-2-5-17(14-16)21-10-12-22(13-11-21)19(24)7-9-20-8-3-6-18(20)15-23/h2-6,8,14-15H,7,9-13H2,1H3. The number of aryl methyl sites for hydroxylation is 2. The highest BCUT2D eigenvalue weighted by atomic mass is 16.2. The van der Waals surface area contributed by atoms with Gasteiger partial charge in [0.2, 0.25) is 5.91 Å². The summed E-state index contributed by atoms with van der Waals surface area (Å²) < 4.78 is 1.83. The molecule has 126 valence electrons. The zero-order chi connectivity index (χ0) is 16.9. The molecule has 1 aliphatic heterocycles. The van der Waals surface area contributed by atoms with Gasteiger partial charge in [0.25, 0.3) is 0 Å². The average Bonchev–Trinajstić information content (AvgIpc) is 3.07. The van der Waals surface area contributed by atoms with Crippen LogP contribution in [0.4, 0.5) is 5.69 Å². The van der Waals surface area contributed by atoms with Gasteiger partial charge >= 0.3 is 0 Å². The number of amides is 1. The number of rotatable bonds is 5. The Labute approximate surface area is 142 Å². The van der Waals surface area contributed by atoms with Crippen molar-refractivity contribution in [2.45, 2.75) is 19.9 Å². The summed E-state index contributed by atoms with van der Waals surface area (Å²) in [5, 5.41) is 0. The van der Waals surface area contributed by atoms with E-state index in [2.05, 4.69) is 36.1 Å². The number of anilines is 1. The molecule has 1 aromatic carbocycles. The number of carbonyl (C=O) groups is 2. The number of aromatic nitrogens is 1. The van der Waals surface area contributed by atoms with Crippen LogP contribution in [0.3, 0.4) is 0 Å². The third-order valence-corrected chi connectivity index (χ3v) is 4.55. The maximum Gasteiger partial charge on any atom is 0.224 e. The molecule has 2 heterocycles. The topological polar surface area (TPSA) is 45.5 Å². The molecule has 3 rings (SSSR count). The molecule has 0 N–H and O–H groups in total. The van der Waals surface area contributed by atoms with Crippen LogP contribution in [-0.2, 0) is 11.3 Å². The Morgan fingerprint density at radius 1 is 1.12 bits per heavy atom. The van der Waals surface area contributed by atoms with Crippen LogP contribution >= 0.6 is 0 Å². The monoisotopic (exact) mass is 325 g/mol. The zero-order valence-electron chi connectivity index (χ0n) is 14.0. The quantitative estimate of drug-likeness (QED) is 0.793. The lowest BCUT2D eigenvalue weighted by Gasteiger charge is -2.36. The zero-order valence-corrected chi connectivity index (χ0v) is 14.0. The largest absolute Gasteiger partial charge is 0.368 e. The van der Waals surface area contributed by atoms with Gasteiger partial charge in [0, 0.05) is 51.0 Å². The highest BCUT2D eigenvalue weighted by molar-refractivity contribution is 5.77. The van der Waals surface area contributed by atoms with E-state index in [1.807, 2.05) is 21.7 Å². The van der Waals surface area contributed by atoms with E-state index in [1.54, 1.807) is 6.07 Å². The summed E-state index contributed by atoms with van der Waals surface area (Å²) in [7, 11) is 0. The van der Waals surface area contributed by atoms with Crippen molar-refractivity contribution in [3.63, 3.8) is 0 Å². The third kappa shape index (κ3) is 3.67. The Bertz CT molecular complexity index is 715. The van der Waals surface area contributed by atoms with E-state index in [0.29, 0.717) is 18.7 Å². The molecule has 0 aliphatic carbocycles. The fraction of sp³-hybridized carbons (Fsp3) is 0.368. The van der Waals surface area contributed by atoms with Gasteiger partial charge in [-0.2, -0.15) is 0 Å². The number of piperazine rings is 1. The highest BCUT2D eigenvalue weighted by Crippen LogP contribution is 2.18. The number of carbonyl (C=O) groups excluding carboxylic acids is 2. The number of hydrogen-bond donors (Lipinski definition) is 0. The van der Waals surface area contributed by atoms with Gasteiger partial charge in [0.05, 0.1) is 5.69 Å². The predicted octanol–water partition coefficient (Wildman–Crippen LogP) is 2.35. The van der Waals surface area contributed by atoms with E-state index in [-0.39, 0.29) is 5.91 Å². The van der Waals surface area contributed by atoms with Crippen molar-refractivity contribution in [1.82, 2.24) is 9.47 Å². The van der Waals surface area contributed by atoms with Crippen LogP contribution in [0.1, 0.15) is 22.5 Å². The van der Waals surface area contributed by atoms with Crippen LogP contribution < -0.4 is 4.90 Å². The molecule has 5 heteroatoms. The van der Waals surface area contributed by atoms with Gasteiger partial charge in [0.15, 0.2) is 6.29 Å². The van der Waals surface area contributed by atoms with Gasteiger partial charge in [-0.1, -0.05) is 12.1 Å². The van der Waals surface area contributed by atoms with E-state index >= 15 is 0 Å². The van der Waals surface area contributed by atoms with Crippen molar-refractivity contribution in [3.8, 4) is 0 Å². The number of hydrogen-bond acceptors (Lipinski definition) is 3. The molecule has 1 fully saturated rings. The summed E-state index contributed by atoms with van der Waals surface area (Å²) in [6.07, 6.45) is 3.09. The van der Waals surface area contributed by atoms with Crippen LogP contribution in [0.15, 0.2) is 42.6 Å². The van der Waals surface area contributed by atoms with E-state index in [1.165, 1.54) is 11.3 Å². The van der Waals surface area contributed by atoms with Gasteiger partial charge in [-0.15, -0.1) is 0 Å². The smallest absolute Gasteiger partial charge is 0.224 e. The van der Waals surface area contributed by atoms with E-state index in [4.69, 9.17) is 0 Å². The van der Waals surface area contributed by atoms with Crippen LogP contribution in [-0.4, -0.2) is 47.8 Å². The fourth-order valence-corrected chi connectivity index (χ4v) is 3.15. The van der Waals surface area contributed by atoms with Gasteiger partial charge in [-0.3, -0.25) is 9.59 Å². The van der Waals surface area contributed by atoms with Crippen molar-refractivity contribution in [3.05, 3.63) is 53.9 Å². The second kappa shape index (κ2) is 7.34. The molecule has 0 radical (unpaired) electrons. The minimum Gasteiger partial charge on any atom is -0.368 e. The first kappa shape index (κ1) is 16.3. The summed E-state index contributed by atoms with van der Waals surface area (Å²) in [5.74, 6) is 0.157. The lowest BCUT2D eigenvalue weighted by atomic mass is 10.2. The number of nitrogens with zero attached hydrogens (tertiary/aromatic N) is 3. The van der Waals surface area contributed by atoms with Crippen LogP contribution in [0.5, 0.6) is 0 Å². The van der Waals surface area contributed by atoms with Gasteiger partial charge < -0.3 is 14.4 Å². The second-order valence-electron chi connectivity index (χ2n) is 6.20. The second-order valence-corrected chi connectivity index (χ2v) is 6.20. The molecule has 1 aromatic heterocycles. The van der Waals surface area contributed by atoms with E-state index in [0.717, 1.165) is 32.5 Å². The van der Waals surface area contributed by atoms with Crippen molar-refractivity contribution in [2.75, 3.05) is 31.1 Å². The molecule has 1 saturated heterocycles. The van der Waals surface area contributed by atoms with Crippen molar-refractivity contribution < 1.29 is 9.59 Å². The van der Waals surface area contributed by atoms with Gasteiger partial charge in [-0.25, -0.2) is 0 Å². The lowest BCUT2D eigenvalue weighted by molar-refractivity contribution is -0.131. The van der Waals surface area contributed by atoms with E-state index < -0.39 is 0 Å². The summed E-state index contributed by atoms with van der Waals surface area (Å²) >= 11 is 0. The normalized spacial score (nSPS) is 14.7. The van der Waals surface area contributed by atoms with E-state index in [9.17, 15) is 9.59 Å². The SMILES string of the molecule is Cc1cccc(N2CCN(C(=O)CCn3cccc3C=O)CC2)c1. The van der Waals surface area contributed by atoms with Gasteiger partial charge in [0.1, 0.15) is 0 Å². The van der Waals surface area contributed by atoms with Crippen LogP contribution in [0.25, 0.3) is 0 Å². The Kier molecular flexibility index (Phi) is 4.99. The summed E-state index contributed by atoms with van der Waals surface area (Å²) in [4.78, 5) is 27.6. The molecule has 24 heavy (non-hydrogen) atoms. The summed E-state index contributed by atoms with van der Waals surface area (Å²) in [6.45, 7) is 5.87. The van der Waals surface area contributed by atoms with Crippen LogP contribution in [0, 0.1) is 6.92 Å². The Morgan fingerprint density at radius 2 is 1.92 bits per heavy atom. The first-order valence-corrected chi connectivity index (χ1v) is 8.37. The average molecular weight is 325 g/mol. The van der Waals surface area contributed by atoms with Crippen LogP contribution in [0.2, 0.25) is 0 Å². The molecule has 0 atom stereocenters. The maximum absolute atomic E-state index is 12.4. The van der Waals surface area contributed by atoms with Crippen molar-refractivity contribution >= 4 is 17.9 Å². The predicted molar refractivity (Wildman–Crippen MR) is 94.4 cm³/mol. The Hall–Kier alpha value is -2.56. The molecule has 0 unspecified atom stereocenters. The molecule has 0 bridgehead atoms. The van der Waals surface area contributed by atoms with Crippen molar-refractivity contribution in [2.24, 2.45) is 0 Å². The Morgan fingerprint density at radius 3 is 2.62 bits per heavy atom. The molecular formula is C19H23N3O2. The van der Waals surface area contributed by atoms with Crippen molar-refractivity contribution in [1.29, 1.82) is 0 Å². The number of aldehydes is 1. The maximum atomic E-state index is 12.4.